The lowest BCUT2D eigenvalue weighted by molar-refractivity contribution is -0.137. The number of aliphatic hydroxyl groups is 1. The van der Waals surface area contributed by atoms with Crippen LogP contribution in [-0.4, -0.2) is 53.5 Å². The molecule has 1 aromatic carbocycles. The molecular formula is C21H31FN2O2. The topological polar surface area (TPSA) is 43.8 Å². The molecule has 2 aliphatic rings. The molecule has 0 spiro atoms. The summed E-state index contributed by atoms with van der Waals surface area (Å²) in [5, 5.41) is 10.9. The SMILES string of the molecule is CCCN1CCC(CC(=O)N2CCC(O)(c3ccc(F)cc3)CC2)CC1. The molecule has 0 atom stereocenters. The molecule has 2 aliphatic heterocycles. The van der Waals surface area contributed by atoms with Gasteiger partial charge in [0.15, 0.2) is 0 Å². The first-order valence-electron chi connectivity index (χ1n) is 9.99. The van der Waals surface area contributed by atoms with Gasteiger partial charge in [-0.25, -0.2) is 4.39 Å². The van der Waals surface area contributed by atoms with Crippen LogP contribution < -0.4 is 0 Å². The van der Waals surface area contributed by atoms with Gasteiger partial charge in [-0.3, -0.25) is 4.79 Å². The second kappa shape index (κ2) is 8.49. The lowest BCUT2D eigenvalue weighted by Crippen LogP contribution is -2.46. The molecule has 1 amide bonds. The lowest BCUT2D eigenvalue weighted by Gasteiger charge is -2.39. The first kappa shape index (κ1) is 19.3. The van der Waals surface area contributed by atoms with Gasteiger partial charge in [0, 0.05) is 19.5 Å². The van der Waals surface area contributed by atoms with Crippen LogP contribution in [0.25, 0.3) is 0 Å². The van der Waals surface area contributed by atoms with Crippen molar-refractivity contribution in [1.82, 2.24) is 9.80 Å². The minimum atomic E-state index is -0.948. The minimum Gasteiger partial charge on any atom is -0.385 e. The van der Waals surface area contributed by atoms with Crippen LogP contribution in [0, 0.1) is 11.7 Å². The molecule has 0 aromatic heterocycles. The number of piperidine rings is 2. The Morgan fingerprint density at radius 1 is 1.15 bits per heavy atom. The highest BCUT2D eigenvalue weighted by atomic mass is 19.1. The molecule has 0 radical (unpaired) electrons. The van der Waals surface area contributed by atoms with Crippen molar-refractivity contribution < 1.29 is 14.3 Å². The van der Waals surface area contributed by atoms with E-state index in [0.717, 1.165) is 38.0 Å². The predicted octanol–water partition coefficient (Wildman–Crippen LogP) is 3.15. The first-order chi connectivity index (χ1) is 12.5. The molecule has 3 rings (SSSR count). The Morgan fingerprint density at radius 2 is 1.77 bits per heavy atom. The van der Waals surface area contributed by atoms with Crippen molar-refractivity contribution in [2.24, 2.45) is 5.92 Å². The van der Waals surface area contributed by atoms with Crippen molar-refractivity contribution in [3.05, 3.63) is 35.6 Å². The summed E-state index contributed by atoms with van der Waals surface area (Å²) in [4.78, 5) is 17.0. The number of hydrogen-bond donors (Lipinski definition) is 1. The van der Waals surface area contributed by atoms with E-state index in [1.54, 1.807) is 12.1 Å². The molecule has 2 fully saturated rings. The van der Waals surface area contributed by atoms with Crippen molar-refractivity contribution in [1.29, 1.82) is 0 Å². The molecule has 2 heterocycles. The van der Waals surface area contributed by atoms with Gasteiger partial charge in [0.2, 0.25) is 5.91 Å². The summed E-state index contributed by atoms with van der Waals surface area (Å²) >= 11 is 0. The number of carbonyl (C=O) groups is 1. The molecular weight excluding hydrogens is 331 g/mol. The van der Waals surface area contributed by atoms with E-state index in [-0.39, 0.29) is 11.7 Å². The molecule has 0 unspecified atom stereocenters. The summed E-state index contributed by atoms with van der Waals surface area (Å²) < 4.78 is 13.1. The van der Waals surface area contributed by atoms with Crippen LogP contribution in [0.5, 0.6) is 0 Å². The smallest absolute Gasteiger partial charge is 0.222 e. The maximum Gasteiger partial charge on any atom is 0.222 e. The fourth-order valence-electron chi connectivity index (χ4n) is 4.28. The average molecular weight is 362 g/mol. The van der Waals surface area contributed by atoms with E-state index in [0.29, 0.717) is 38.3 Å². The third-order valence-electron chi connectivity index (χ3n) is 6.04. The zero-order valence-electron chi connectivity index (χ0n) is 15.8. The van der Waals surface area contributed by atoms with Crippen LogP contribution >= 0.6 is 0 Å². The van der Waals surface area contributed by atoms with E-state index in [1.807, 2.05) is 4.90 Å². The summed E-state index contributed by atoms with van der Waals surface area (Å²) in [6.45, 7) is 6.73. The number of likely N-dealkylation sites (tertiary alicyclic amines) is 2. The molecule has 0 bridgehead atoms. The molecule has 4 nitrogen and oxygen atoms in total. The quantitative estimate of drug-likeness (QED) is 0.875. The Bertz CT molecular complexity index is 589. The number of halogens is 1. The molecule has 5 heteroatoms. The highest BCUT2D eigenvalue weighted by Crippen LogP contribution is 2.33. The Kier molecular flexibility index (Phi) is 6.30. The highest BCUT2D eigenvalue weighted by molar-refractivity contribution is 5.76. The zero-order chi connectivity index (χ0) is 18.6. The van der Waals surface area contributed by atoms with E-state index in [9.17, 15) is 14.3 Å². The van der Waals surface area contributed by atoms with E-state index >= 15 is 0 Å². The molecule has 1 aromatic rings. The van der Waals surface area contributed by atoms with E-state index in [2.05, 4.69) is 11.8 Å². The minimum absolute atomic E-state index is 0.222. The number of nitrogens with zero attached hydrogens (tertiary/aromatic N) is 2. The molecule has 1 N–H and O–H groups in total. The molecule has 0 aliphatic carbocycles. The number of amides is 1. The second-order valence-corrected chi connectivity index (χ2v) is 7.91. The predicted molar refractivity (Wildman–Crippen MR) is 100 cm³/mol. The van der Waals surface area contributed by atoms with Crippen molar-refractivity contribution in [2.75, 3.05) is 32.7 Å². The van der Waals surface area contributed by atoms with E-state index in [4.69, 9.17) is 0 Å². The van der Waals surface area contributed by atoms with Gasteiger partial charge >= 0.3 is 0 Å². The Hall–Kier alpha value is -1.46. The van der Waals surface area contributed by atoms with Crippen LogP contribution in [0.4, 0.5) is 4.39 Å². The average Bonchev–Trinajstić information content (AvgIpc) is 2.64. The molecule has 144 valence electrons. The van der Waals surface area contributed by atoms with Crippen LogP contribution in [0.1, 0.15) is 51.0 Å². The highest BCUT2D eigenvalue weighted by Gasteiger charge is 2.36. The standard InChI is InChI=1S/C21H31FN2O2/c1-2-11-23-12-7-17(8-13-23)16-20(25)24-14-9-21(26,10-15-24)18-3-5-19(22)6-4-18/h3-6,17,26H,2,7-16H2,1H3. The largest absolute Gasteiger partial charge is 0.385 e. The third-order valence-corrected chi connectivity index (χ3v) is 6.04. The van der Waals surface area contributed by atoms with Gasteiger partial charge in [-0.15, -0.1) is 0 Å². The summed E-state index contributed by atoms with van der Waals surface area (Å²) in [5.41, 5.74) is -0.204. The summed E-state index contributed by atoms with van der Waals surface area (Å²) in [6.07, 6.45) is 5.07. The first-order valence-corrected chi connectivity index (χ1v) is 9.99. The van der Waals surface area contributed by atoms with Crippen molar-refractivity contribution >= 4 is 5.91 Å². The van der Waals surface area contributed by atoms with Gasteiger partial charge in [-0.05, 0) is 75.4 Å². The Labute approximate surface area is 156 Å². The van der Waals surface area contributed by atoms with Gasteiger partial charge in [-0.1, -0.05) is 19.1 Å². The second-order valence-electron chi connectivity index (χ2n) is 7.91. The number of carbonyl (C=O) groups excluding carboxylic acids is 1. The van der Waals surface area contributed by atoms with Gasteiger partial charge < -0.3 is 14.9 Å². The Balaban J connectivity index is 1.47. The van der Waals surface area contributed by atoms with Crippen LogP contribution in [-0.2, 0) is 10.4 Å². The van der Waals surface area contributed by atoms with Crippen molar-refractivity contribution in [2.45, 2.75) is 51.0 Å². The normalized spacial score (nSPS) is 21.7. The van der Waals surface area contributed by atoms with Gasteiger partial charge in [0.25, 0.3) is 0 Å². The van der Waals surface area contributed by atoms with Crippen molar-refractivity contribution in [3.63, 3.8) is 0 Å². The zero-order valence-corrected chi connectivity index (χ0v) is 15.8. The van der Waals surface area contributed by atoms with E-state index < -0.39 is 5.60 Å². The van der Waals surface area contributed by atoms with Gasteiger partial charge in [0.05, 0.1) is 5.60 Å². The number of hydrogen-bond acceptors (Lipinski definition) is 3. The van der Waals surface area contributed by atoms with Crippen LogP contribution in [0.2, 0.25) is 0 Å². The Morgan fingerprint density at radius 3 is 2.35 bits per heavy atom. The van der Waals surface area contributed by atoms with E-state index in [1.165, 1.54) is 18.6 Å². The van der Waals surface area contributed by atoms with Crippen LogP contribution in [0.15, 0.2) is 24.3 Å². The number of rotatable bonds is 5. The third kappa shape index (κ3) is 4.63. The lowest BCUT2D eigenvalue weighted by atomic mass is 9.84. The molecule has 2 saturated heterocycles. The summed E-state index contributed by atoms with van der Waals surface area (Å²) in [7, 11) is 0. The fraction of sp³-hybridized carbons (Fsp3) is 0.667. The monoisotopic (exact) mass is 362 g/mol. The maximum atomic E-state index is 13.1. The molecule has 0 saturated carbocycles. The van der Waals surface area contributed by atoms with Gasteiger partial charge in [0.1, 0.15) is 5.82 Å². The fourth-order valence-corrected chi connectivity index (χ4v) is 4.28. The van der Waals surface area contributed by atoms with Crippen molar-refractivity contribution in [3.8, 4) is 0 Å². The summed E-state index contributed by atoms with van der Waals surface area (Å²) in [6, 6.07) is 6.07. The van der Waals surface area contributed by atoms with Crippen LogP contribution in [0.3, 0.4) is 0 Å². The number of benzene rings is 1. The summed E-state index contributed by atoms with van der Waals surface area (Å²) in [5.74, 6) is 0.420. The molecule has 26 heavy (non-hydrogen) atoms. The maximum absolute atomic E-state index is 13.1. The van der Waals surface area contributed by atoms with Gasteiger partial charge in [-0.2, -0.15) is 0 Å².